The number of hydrogen-bond acceptors (Lipinski definition) is 9. The number of nitrogens with zero attached hydrogens (tertiary/aromatic N) is 4. The van der Waals surface area contributed by atoms with Crippen LogP contribution in [0.1, 0.15) is 32.7 Å². The van der Waals surface area contributed by atoms with Crippen LogP contribution in [0.3, 0.4) is 0 Å². The lowest BCUT2D eigenvalue weighted by Gasteiger charge is -2.17. The van der Waals surface area contributed by atoms with Crippen LogP contribution in [0.4, 0.5) is 30.8 Å². The average Bonchev–Trinajstić information content (AvgIpc) is 2.93. The Kier molecular flexibility index (Phi) is 9.32. The average molecular weight is 559 g/mol. The molecular formula is C26H29F3N8O3. The fourth-order valence-electron chi connectivity index (χ4n) is 3.72. The molecule has 5 heterocycles. The Bertz CT molecular complexity index is 1300. The van der Waals surface area contributed by atoms with Crippen LogP contribution in [0, 0.1) is 0 Å². The Balaban J connectivity index is 1.56. The monoisotopic (exact) mass is 558 g/mol. The van der Waals surface area contributed by atoms with Gasteiger partial charge >= 0.3 is 12.2 Å². The highest BCUT2D eigenvalue weighted by atomic mass is 19.4. The van der Waals surface area contributed by atoms with Crippen LogP contribution in [0.5, 0.6) is 6.01 Å². The number of carbonyl (C=O) groups is 2. The Hall–Kier alpha value is -4.46. The summed E-state index contributed by atoms with van der Waals surface area (Å²) in [4.78, 5) is 39.1. The maximum absolute atomic E-state index is 12.7. The van der Waals surface area contributed by atoms with Gasteiger partial charge in [0.15, 0.2) is 6.61 Å². The zero-order valence-corrected chi connectivity index (χ0v) is 21.7. The van der Waals surface area contributed by atoms with Crippen molar-refractivity contribution >= 4 is 29.4 Å². The van der Waals surface area contributed by atoms with Gasteiger partial charge in [-0.1, -0.05) is 12.1 Å². The van der Waals surface area contributed by atoms with Gasteiger partial charge in [-0.2, -0.15) is 28.1 Å². The molecule has 2 aromatic carbocycles. The van der Waals surface area contributed by atoms with Gasteiger partial charge in [-0.15, -0.1) is 0 Å². The molecule has 0 saturated heterocycles. The van der Waals surface area contributed by atoms with E-state index in [9.17, 15) is 22.8 Å². The summed E-state index contributed by atoms with van der Waals surface area (Å²) < 4.78 is 42.9. The third-order valence-corrected chi connectivity index (χ3v) is 5.83. The number of hydrogen-bond donors (Lipinski definition) is 4. The maximum Gasteiger partial charge on any atom is 0.422 e. The molecule has 4 aliphatic rings. The predicted molar refractivity (Wildman–Crippen MR) is 142 cm³/mol. The molecule has 0 radical (unpaired) electrons. The molecule has 0 atom stereocenters. The number of nitrogens with one attached hydrogen (secondary N) is 4. The molecule has 212 valence electrons. The van der Waals surface area contributed by atoms with Gasteiger partial charge in [0.2, 0.25) is 11.9 Å². The number of benzene rings is 2. The third-order valence-electron chi connectivity index (χ3n) is 5.83. The molecule has 11 nitrogen and oxygen atoms in total. The van der Waals surface area contributed by atoms with Crippen LogP contribution in [-0.4, -0.2) is 77.7 Å². The summed E-state index contributed by atoms with van der Waals surface area (Å²) in [7, 11) is 1.95. The molecule has 7 rings (SSSR count). The first-order valence-corrected chi connectivity index (χ1v) is 12.5. The van der Waals surface area contributed by atoms with Gasteiger partial charge in [-0.25, -0.2) is 0 Å². The summed E-state index contributed by atoms with van der Waals surface area (Å²) in [5, 5.41) is 11.6. The van der Waals surface area contributed by atoms with Crippen molar-refractivity contribution < 1.29 is 27.5 Å². The lowest BCUT2D eigenvalue weighted by molar-refractivity contribution is -0.154. The Morgan fingerprint density at radius 2 is 1.45 bits per heavy atom. The highest BCUT2D eigenvalue weighted by molar-refractivity contribution is 5.94. The number of amides is 2. The van der Waals surface area contributed by atoms with Crippen molar-refractivity contribution in [3.63, 3.8) is 0 Å². The molecule has 0 fully saturated rings. The van der Waals surface area contributed by atoms with Gasteiger partial charge < -0.3 is 30.9 Å². The van der Waals surface area contributed by atoms with Crippen molar-refractivity contribution in [3.8, 4) is 6.01 Å². The zero-order valence-electron chi connectivity index (χ0n) is 21.7. The van der Waals surface area contributed by atoms with Crippen LogP contribution in [0.2, 0.25) is 0 Å². The first-order valence-electron chi connectivity index (χ1n) is 12.5. The van der Waals surface area contributed by atoms with Gasteiger partial charge in [0.1, 0.15) is 0 Å². The van der Waals surface area contributed by atoms with E-state index < -0.39 is 18.8 Å². The summed E-state index contributed by atoms with van der Waals surface area (Å²) in [6.45, 7) is 0.981. The molecule has 0 spiro atoms. The second kappa shape index (κ2) is 13.1. The molecule has 6 bridgehead atoms. The van der Waals surface area contributed by atoms with Crippen molar-refractivity contribution in [2.75, 3.05) is 50.5 Å². The Labute approximate surface area is 228 Å². The smallest absolute Gasteiger partial charge is 0.422 e. The van der Waals surface area contributed by atoms with Crippen LogP contribution in [0.15, 0.2) is 48.5 Å². The van der Waals surface area contributed by atoms with E-state index in [1.54, 1.807) is 48.5 Å². The molecule has 14 heteroatoms. The molecule has 0 aliphatic carbocycles. The molecular weight excluding hydrogens is 529 g/mol. The lowest BCUT2D eigenvalue weighted by Crippen LogP contribution is -2.34. The van der Waals surface area contributed by atoms with Gasteiger partial charge in [0, 0.05) is 43.0 Å². The highest BCUT2D eigenvalue weighted by Gasteiger charge is 2.29. The SMILES string of the molecule is CN1CCCNC(=O)c2ccc(cc2)Nc2nc(nc(OCC(F)(F)F)n2)NCc2ccc(cc2)C(=O)NCC1. The summed E-state index contributed by atoms with van der Waals surface area (Å²) in [6, 6.07) is 12.8. The molecule has 0 saturated carbocycles. The van der Waals surface area contributed by atoms with Crippen LogP contribution < -0.4 is 26.0 Å². The quantitative estimate of drug-likeness (QED) is 0.375. The molecule has 4 aliphatic heterocycles. The molecule has 0 unspecified atom stereocenters. The summed E-state index contributed by atoms with van der Waals surface area (Å²) in [5.41, 5.74) is 2.21. The first-order chi connectivity index (χ1) is 19.1. The topological polar surface area (TPSA) is 133 Å². The second-order valence-corrected chi connectivity index (χ2v) is 9.09. The summed E-state index contributed by atoms with van der Waals surface area (Å²) >= 11 is 0. The van der Waals surface area contributed by atoms with Crippen molar-refractivity contribution in [3.05, 3.63) is 65.2 Å². The second-order valence-electron chi connectivity index (χ2n) is 9.09. The summed E-state index contributed by atoms with van der Waals surface area (Å²) in [6.07, 6.45) is -3.85. The van der Waals surface area contributed by atoms with E-state index in [2.05, 4.69) is 41.1 Å². The van der Waals surface area contributed by atoms with Crippen molar-refractivity contribution in [1.29, 1.82) is 0 Å². The van der Waals surface area contributed by atoms with Crippen molar-refractivity contribution in [2.24, 2.45) is 0 Å². The van der Waals surface area contributed by atoms with Gasteiger partial charge in [0.05, 0.1) is 0 Å². The van der Waals surface area contributed by atoms with Crippen molar-refractivity contribution in [2.45, 2.75) is 19.1 Å². The van der Waals surface area contributed by atoms with Gasteiger partial charge in [-0.3, -0.25) is 9.59 Å². The van der Waals surface area contributed by atoms with Crippen LogP contribution in [0.25, 0.3) is 0 Å². The largest absolute Gasteiger partial charge is 0.454 e. The minimum Gasteiger partial charge on any atom is -0.454 e. The van der Waals surface area contributed by atoms with E-state index in [0.717, 1.165) is 18.5 Å². The number of alkyl halides is 3. The molecule has 4 N–H and O–H groups in total. The fraction of sp³-hybridized carbons (Fsp3) is 0.346. The lowest BCUT2D eigenvalue weighted by atomic mass is 10.1. The molecule has 1 aromatic heterocycles. The number of likely N-dealkylation sites (N-methyl/N-ethyl adjacent to an activating group) is 1. The van der Waals surface area contributed by atoms with Gasteiger partial charge in [-0.05, 0) is 62.0 Å². The fourth-order valence-corrected chi connectivity index (χ4v) is 3.72. The minimum absolute atomic E-state index is 0.0222. The maximum atomic E-state index is 12.7. The number of anilines is 3. The Morgan fingerprint density at radius 1 is 0.825 bits per heavy atom. The van der Waals surface area contributed by atoms with E-state index in [0.29, 0.717) is 36.4 Å². The normalized spacial score (nSPS) is 15.8. The standard InChI is InChI=1S/C26H29F3N8O3/c1-37-13-2-11-30-21(38)19-7-9-20(10-8-19)33-24-34-23(35-25(36-24)40-16-26(27,28)29)32-15-17-3-5-18(6-4-17)22(39)31-12-14-37/h3-10H,2,11-16H2,1H3,(H,30,38)(H,31,39)(H2,32,33,34,35,36). The van der Waals surface area contributed by atoms with Gasteiger partial charge in [0.25, 0.3) is 11.8 Å². The predicted octanol–water partition coefficient (Wildman–Crippen LogP) is 2.96. The zero-order chi connectivity index (χ0) is 28.5. The first kappa shape index (κ1) is 28.5. The highest BCUT2D eigenvalue weighted by Crippen LogP contribution is 2.20. The minimum atomic E-state index is -4.58. The van der Waals surface area contributed by atoms with Crippen LogP contribution >= 0.6 is 0 Å². The number of carbonyl (C=O) groups excluding carboxylic acids is 2. The summed E-state index contributed by atoms with van der Waals surface area (Å²) in [5.74, 6) is -0.528. The molecule has 40 heavy (non-hydrogen) atoms. The van der Waals surface area contributed by atoms with Crippen LogP contribution in [-0.2, 0) is 6.54 Å². The van der Waals surface area contributed by atoms with Crippen molar-refractivity contribution in [1.82, 2.24) is 30.5 Å². The van der Waals surface area contributed by atoms with E-state index in [1.165, 1.54) is 0 Å². The van der Waals surface area contributed by atoms with E-state index >= 15 is 0 Å². The van der Waals surface area contributed by atoms with E-state index in [-0.39, 0.29) is 30.3 Å². The number of halogens is 3. The third kappa shape index (κ3) is 8.80. The van der Waals surface area contributed by atoms with E-state index in [1.807, 2.05) is 7.05 Å². The number of aromatic nitrogens is 3. The number of ether oxygens (including phenoxy) is 1. The molecule has 3 aromatic rings. The van der Waals surface area contributed by atoms with E-state index in [4.69, 9.17) is 4.74 Å². The Morgan fingerprint density at radius 3 is 2.12 bits per heavy atom. The molecule has 2 amide bonds. The number of rotatable bonds is 2.